The second kappa shape index (κ2) is 14.9. The molecule has 1 N–H and O–H groups in total. The molecule has 0 aliphatic heterocycles. The molecule has 0 saturated carbocycles. The smallest absolute Gasteiger partial charge is 0.245 e. The lowest BCUT2D eigenvalue weighted by molar-refractivity contribution is -0.125. The average molecular weight is 205 g/mol. The lowest BCUT2D eigenvalue weighted by Crippen LogP contribution is -2.28. The summed E-state index contributed by atoms with van der Waals surface area (Å²) in [6.07, 6.45) is 3.42. The second-order valence-electron chi connectivity index (χ2n) is 2.69. The van der Waals surface area contributed by atoms with Crippen molar-refractivity contribution in [1.82, 2.24) is 5.32 Å². The number of unbranched alkanes of at least 4 members (excludes halogenated alkanes) is 2. The monoisotopic (exact) mass is 205 g/mol. The fourth-order valence-corrected chi connectivity index (χ4v) is 0.849. The molecule has 0 fully saturated rings. The van der Waals surface area contributed by atoms with Gasteiger partial charge in [-0.1, -0.05) is 33.6 Å². The molecule has 0 aromatic carbocycles. The maximum absolute atomic E-state index is 10.9. The Balaban J connectivity index is -0.000000449. The van der Waals surface area contributed by atoms with Crippen molar-refractivity contribution in [3.63, 3.8) is 0 Å². The van der Waals surface area contributed by atoms with Gasteiger partial charge in [0.1, 0.15) is 6.61 Å². The third kappa shape index (κ3) is 14.0. The van der Waals surface area contributed by atoms with Gasteiger partial charge >= 0.3 is 0 Å². The largest absolute Gasteiger partial charge is 0.372 e. The summed E-state index contributed by atoms with van der Waals surface area (Å²) >= 11 is 0. The minimum absolute atomic E-state index is 0. The number of hydrogen-bond donors (Lipinski definition) is 1. The third-order valence-electron chi connectivity index (χ3n) is 1.54. The van der Waals surface area contributed by atoms with E-state index in [1.54, 1.807) is 0 Å². The molecule has 0 saturated heterocycles. The average Bonchev–Trinajstić information content (AvgIpc) is 2.24. The van der Waals surface area contributed by atoms with E-state index in [0.717, 1.165) is 13.0 Å². The third-order valence-corrected chi connectivity index (χ3v) is 1.54. The molecule has 3 nitrogen and oxygen atoms in total. The van der Waals surface area contributed by atoms with E-state index in [-0.39, 0.29) is 13.9 Å². The summed E-state index contributed by atoms with van der Waals surface area (Å²) in [7, 11) is 0. The first-order valence-electron chi connectivity index (χ1n) is 5.65. The van der Waals surface area contributed by atoms with E-state index < -0.39 is 0 Å². The van der Waals surface area contributed by atoms with E-state index in [1.807, 2.05) is 20.8 Å². The van der Waals surface area contributed by atoms with Gasteiger partial charge in [-0.2, -0.15) is 0 Å². The van der Waals surface area contributed by atoms with Crippen LogP contribution in [0.15, 0.2) is 0 Å². The van der Waals surface area contributed by atoms with Crippen LogP contribution >= 0.6 is 0 Å². The van der Waals surface area contributed by atoms with E-state index >= 15 is 0 Å². The quantitative estimate of drug-likeness (QED) is 0.649. The molecule has 0 aromatic rings. The van der Waals surface area contributed by atoms with Gasteiger partial charge in [0.2, 0.25) is 5.91 Å². The summed E-state index contributed by atoms with van der Waals surface area (Å²) in [4.78, 5) is 10.9. The molecule has 0 heterocycles. The fraction of sp³-hybridized carbons (Fsp3) is 0.909. The predicted molar refractivity (Wildman–Crippen MR) is 62.5 cm³/mol. The van der Waals surface area contributed by atoms with Gasteiger partial charge in [-0.05, 0) is 13.3 Å². The first-order valence-corrected chi connectivity index (χ1v) is 5.65. The molecule has 1 amide bonds. The van der Waals surface area contributed by atoms with Gasteiger partial charge in [0.25, 0.3) is 0 Å². The van der Waals surface area contributed by atoms with Crippen LogP contribution in [0.1, 0.15) is 48.4 Å². The normalized spacial score (nSPS) is 8.86. The summed E-state index contributed by atoms with van der Waals surface area (Å²) in [6.45, 7) is 9.59. The Kier molecular flexibility index (Phi) is 16.9. The Bertz CT molecular complexity index is 121. The summed E-state index contributed by atoms with van der Waals surface area (Å²) in [5.74, 6) is -0.00652. The molecular formula is C11H27NO2. The number of amides is 1. The SMILES string of the molecule is CC.CCCCCNC(=O)COCC.[HH]. The lowest BCUT2D eigenvalue weighted by atomic mass is 10.2. The molecular weight excluding hydrogens is 178 g/mol. The van der Waals surface area contributed by atoms with E-state index in [0.29, 0.717) is 6.61 Å². The van der Waals surface area contributed by atoms with Crippen molar-refractivity contribution in [2.75, 3.05) is 19.8 Å². The number of carbonyl (C=O) groups excluding carboxylic acids is 1. The maximum Gasteiger partial charge on any atom is 0.245 e. The van der Waals surface area contributed by atoms with Gasteiger partial charge in [-0.3, -0.25) is 4.79 Å². The molecule has 0 aromatic heterocycles. The highest BCUT2D eigenvalue weighted by Crippen LogP contribution is 1.90. The van der Waals surface area contributed by atoms with Crippen molar-refractivity contribution >= 4 is 5.91 Å². The molecule has 0 bridgehead atoms. The van der Waals surface area contributed by atoms with Crippen molar-refractivity contribution in [3.8, 4) is 0 Å². The van der Waals surface area contributed by atoms with Crippen molar-refractivity contribution < 1.29 is 11.0 Å². The van der Waals surface area contributed by atoms with Crippen LogP contribution < -0.4 is 5.32 Å². The summed E-state index contributed by atoms with van der Waals surface area (Å²) in [5.41, 5.74) is 0. The van der Waals surface area contributed by atoms with Crippen LogP contribution in [-0.4, -0.2) is 25.7 Å². The second-order valence-corrected chi connectivity index (χ2v) is 2.69. The minimum atomic E-state index is -0.00652. The summed E-state index contributed by atoms with van der Waals surface area (Å²) in [6, 6.07) is 0. The first kappa shape index (κ1) is 15.9. The Morgan fingerprint density at radius 1 is 1.29 bits per heavy atom. The molecule has 0 rings (SSSR count). The van der Waals surface area contributed by atoms with Crippen molar-refractivity contribution in [1.29, 1.82) is 0 Å². The molecule has 0 aliphatic carbocycles. The first-order chi connectivity index (χ1) is 6.81. The highest BCUT2D eigenvalue weighted by atomic mass is 16.5. The van der Waals surface area contributed by atoms with Crippen LogP contribution in [0.2, 0.25) is 0 Å². The Labute approximate surface area is 89.7 Å². The van der Waals surface area contributed by atoms with Crippen LogP contribution in [-0.2, 0) is 9.53 Å². The van der Waals surface area contributed by atoms with Crippen LogP contribution in [0, 0.1) is 0 Å². The number of rotatable bonds is 7. The van der Waals surface area contributed by atoms with E-state index in [1.165, 1.54) is 12.8 Å². The van der Waals surface area contributed by atoms with Gasteiger partial charge in [-0.25, -0.2) is 0 Å². The summed E-state index contributed by atoms with van der Waals surface area (Å²) < 4.78 is 4.94. The highest BCUT2D eigenvalue weighted by Gasteiger charge is 1.97. The molecule has 0 aliphatic rings. The zero-order valence-electron chi connectivity index (χ0n) is 10.1. The van der Waals surface area contributed by atoms with Crippen molar-refractivity contribution in [2.45, 2.75) is 47.0 Å². The van der Waals surface area contributed by atoms with Gasteiger partial charge in [0, 0.05) is 14.6 Å². The minimum Gasteiger partial charge on any atom is -0.372 e. The van der Waals surface area contributed by atoms with Gasteiger partial charge in [-0.15, -0.1) is 0 Å². The van der Waals surface area contributed by atoms with Crippen LogP contribution in [0.4, 0.5) is 0 Å². The molecule has 88 valence electrons. The number of carbonyl (C=O) groups is 1. The molecule has 14 heavy (non-hydrogen) atoms. The van der Waals surface area contributed by atoms with Crippen molar-refractivity contribution in [3.05, 3.63) is 0 Å². The zero-order valence-corrected chi connectivity index (χ0v) is 10.1. The van der Waals surface area contributed by atoms with Gasteiger partial charge in [0.05, 0.1) is 0 Å². The highest BCUT2D eigenvalue weighted by molar-refractivity contribution is 5.77. The van der Waals surface area contributed by atoms with Gasteiger partial charge in [0.15, 0.2) is 0 Å². The molecule has 0 spiro atoms. The van der Waals surface area contributed by atoms with Crippen molar-refractivity contribution in [2.24, 2.45) is 0 Å². The summed E-state index contributed by atoms with van der Waals surface area (Å²) in [5, 5.41) is 2.79. The molecule has 0 unspecified atom stereocenters. The van der Waals surface area contributed by atoms with Crippen LogP contribution in [0.25, 0.3) is 0 Å². The Hall–Kier alpha value is -0.570. The number of ether oxygens (including phenoxy) is 1. The van der Waals surface area contributed by atoms with E-state index in [9.17, 15) is 4.79 Å². The van der Waals surface area contributed by atoms with Gasteiger partial charge < -0.3 is 10.1 Å². The van der Waals surface area contributed by atoms with Crippen LogP contribution in [0.5, 0.6) is 0 Å². The van der Waals surface area contributed by atoms with E-state index in [2.05, 4.69) is 12.2 Å². The molecule has 0 radical (unpaired) electrons. The van der Waals surface area contributed by atoms with Crippen LogP contribution in [0.3, 0.4) is 0 Å². The number of hydrogen-bond acceptors (Lipinski definition) is 2. The number of nitrogens with one attached hydrogen (secondary N) is 1. The molecule has 0 atom stereocenters. The topological polar surface area (TPSA) is 38.3 Å². The fourth-order valence-electron chi connectivity index (χ4n) is 0.849. The predicted octanol–water partition coefficient (Wildman–Crippen LogP) is 2.60. The zero-order chi connectivity index (χ0) is 11.2. The maximum atomic E-state index is 10.9. The standard InChI is InChI=1S/C9H19NO2.C2H6.H2/c1-3-5-6-7-10-9(11)8-12-4-2;1-2;/h3-8H2,1-2H3,(H,10,11);1-2H3;1H. The molecule has 3 heteroatoms. The van der Waals surface area contributed by atoms with E-state index in [4.69, 9.17) is 4.74 Å². The Morgan fingerprint density at radius 2 is 1.93 bits per heavy atom. The Morgan fingerprint density at radius 3 is 2.43 bits per heavy atom. The lowest BCUT2D eigenvalue weighted by Gasteiger charge is -2.03.